The number of likely N-dealkylation sites (N-methyl/N-ethyl adjacent to an activating group) is 1. The molecule has 0 saturated carbocycles. The first-order valence-corrected chi connectivity index (χ1v) is 5.69. The van der Waals surface area contributed by atoms with Crippen molar-refractivity contribution in [3.8, 4) is 11.5 Å². The lowest BCUT2D eigenvalue weighted by Crippen LogP contribution is -2.27. The first-order valence-electron chi connectivity index (χ1n) is 5.69. The van der Waals surface area contributed by atoms with Gasteiger partial charge < -0.3 is 19.6 Å². The van der Waals surface area contributed by atoms with Gasteiger partial charge in [0.25, 0.3) is 5.91 Å². The molecule has 0 fully saturated rings. The van der Waals surface area contributed by atoms with E-state index in [1.807, 2.05) is 0 Å². The first kappa shape index (κ1) is 14.8. The summed E-state index contributed by atoms with van der Waals surface area (Å²) in [5.74, 6) is 0.804. The summed E-state index contributed by atoms with van der Waals surface area (Å²) in [5, 5.41) is 11.8. The van der Waals surface area contributed by atoms with Gasteiger partial charge in [0.15, 0.2) is 18.1 Å². The van der Waals surface area contributed by atoms with Gasteiger partial charge in [0.1, 0.15) is 0 Å². The highest BCUT2D eigenvalue weighted by atomic mass is 16.5. The Balaban J connectivity index is 2.88. The molecule has 6 heteroatoms. The van der Waals surface area contributed by atoms with Crippen molar-refractivity contribution in [1.82, 2.24) is 4.90 Å². The van der Waals surface area contributed by atoms with Crippen LogP contribution in [0.3, 0.4) is 0 Å². The molecular formula is C13H18N2O4. The molecule has 6 nitrogen and oxygen atoms in total. The minimum atomic E-state index is -0.140. The molecule has 0 radical (unpaired) electrons. The Kier molecular flexibility index (Phi) is 5.17. The van der Waals surface area contributed by atoms with Crippen LogP contribution < -0.4 is 9.47 Å². The van der Waals surface area contributed by atoms with E-state index in [1.165, 1.54) is 12.0 Å². The Morgan fingerprint density at radius 2 is 2.05 bits per heavy atom. The number of carbonyl (C=O) groups is 1. The highest BCUT2D eigenvalue weighted by molar-refractivity contribution is 5.98. The van der Waals surface area contributed by atoms with Gasteiger partial charge in [-0.25, -0.2) is 0 Å². The Morgan fingerprint density at radius 1 is 1.37 bits per heavy atom. The Morgan fingerprint density at radius 3 is 2.58 bits per heavy atom. The average molecular weight is 266 g/mol. The number of hydrogen-bond donors (Lipinski definition) is 1. The summed E-state index contributed by atoms with van der Waals surface area (Å²) in [6, 6.07) is 5.09. The van der Waals surface area contributed by atoms with Crippen LogP contribution in [0.5, 0.6) is 11.5 Å². The van der Waals surface area contributed by atoms with E-state index in [1.54, 1.807) is 39.2 Å². The minimum Gasteiger partial charge on any atom is -0.493 e. The predicted octanol–water partition coefficient (Wildman–Crippen LogP) is 1.36. The molecule has 1 rings (SSSR count). The quantitative estimate of drug-likeness (QED) is 0.496. The number of carbonyl (C=O) groups excluding carboxylic acids is 1. The maximum atomic E-state index is 11.4. The monoisotopic (exact) mass is 266 g/mol. The second kappa shape index (κ2) is 6.63. The van der Waals surface area contributed by atoms with E-state index in [0.29, 0.717) is 22.8 Å². The van der Waals surface area contributed by atoms with Crippen LogP contribution in [-0.2, 0) is 4.79 Å². The van der Waals surface area contributed by atoms with Gasteiger partial charge in [0.05, 0.1) is 12.8 Å². The molecule has 0 bridgehead atoms. The molecule has 1 amide bonds. The fourth-order valence-electron chi connectivity index (χ4n) is 1.34. The maximum absolute atomic E-state index is 11.4. The van der Waals surface area contributed by atoms with Crippen molar-refractivity contribution < 1.29 is 19.5 Å². The van der Waals surface area contributed by atoms with Gasteiger partial charge in [-0.05, 0) is 25.1 Å². The molecule has 0 spiro atoms. The van der Waals surface area contributed by atoms with Crippen LogP contribution in [0.1, 0.15) is 12.5 Å². The molecule has 0 aliphatic carbocycles. The largest absolute Gasteiger partial charge is 0.493 e. The van der Waals surface area contributed by atoms with Gasteiger partial charge in [-0.1, -0.05) is 5.16 Å². The fourth-order valence-corrected chi connectivity index (χ4v) is 1.34. The van der Waals surface area contributed by atoms with Crippen LogP contribution >= 0.6 is 0 Å². The number of methoxy groups -OCH3 is 1. The molecule has 1 aromatic rings. The maximum Gasteiger partial charge on any atom is 0.259 e. The number of amides is 1. The third-order valence-electron chi connectivity index (χ3n) is 2.58. The number of rotatable bonds is 5. The van der Waals surface area contributed by atoms with E-state index in [2.05, 4.69) is 5.16 Å². The van der Waals surface area contributed by atoms with Gasteiger partial charge in [0.2, 0.25) is 0 Å². The SMILES string of the molecule is COc1cc(/C(C)=N/O)ccc1OCC(=O)N(C)C. The highest BCUT2D eigenvalue weighted by Crippen LogP contribution is 2.28. The lowest BCUT2D eigenvalue weighted by atomic mass is 10.1. The van der Waals surface area contributed by atoms with Crippen molar-refractivity contribution in [2.24, 2.45) is 5.16 Å². The molecule has 0 saturated heterocycles. The Hall–Kier alpha value is -2.24. The second-order valence-electron chi connectivity index (χ2n) is 4.13. The third-order valence-corrected chi connectivity index (χ3v) is 2.58. The van der Waals surface area contributed by atoms with Crippen LogP contribution in [0.2, 0.25) is 0 Å². The normalized spacial score (nSPS) is 11.1. The van der Waals surface area contributed by atoms with E-state index >= 15 is 0 Å². The summed E-state index contributed by atoms with van der Waals surface area (Å²) >= 11 is 0. The molecule has 0 aliphatic heterocycles. The molecule has 0 aliphatic rings. The standard InChI is InChI=1S/C13H18N2O4/c1-9(14-17)10-5-6-11(12(7-10)18-4)19-8-13(16)15(2)3/h5-7,17H,8H2,1-4H3/b14-9+. The Bertz CT molecular complexity index is 484. The summed E-state index contributed by atoms with van der Waals surface area (Å²) in [6.07, 6.45) is 0. The van der Waals surface area contributed by atoms with Crippen LogP contribution in [-0.4, -0.2) is 49.5 Å². The second-order valence-corrected chi connectivity index (χ2v) is 4.13. The lowest BCUT2D eigenvalue weighted by Gasteiger charge is -2.14. The van der Waals surface area contributed by atoms with Crippen molar-refractivity contribution in [2.45, 2.75) is 6.92 Å². The molecule has 0 aromatic heterocycles. The summed E-state index contributed by atoms with van der Waals surface area (Å²) in [4.78, 5) is 12.9. The lowest BCUT2D eigenvalue weighted by molar-refractivity contribution is -0.130. The number of ether oxygens (including phenoxy) is 2. The first-order chi connectivity index (χ1) is 8.99. The zero-order valence-electron chi connectivity index (χ0n) is 11.5. The molecule has 19 heavy (non-hydrogen) atoms. The van der Waals surface area contributed by atoms with Gasteiger partial charge in [-0.15, -0.1) is 0 Å². The molecular weight excluding hydrogens is 248 g/mol. The summed E-state index contributed by atoms with van der Waals surface area (Å²) in [7, 11) is 4.82. The molecule has 0 unspecified atom stereocenters. The molecule has 104 valence electrons. The summed E-state index contributed by atoms with van der Waals surface area (Å²) < 4.78 is 10.6. The summed E-state index contributed by atoms with van der Waals surface area (Å²) in [5.41, 5.74) is 1.18. The number of benzene rings is 1. The molecule has 1 N–H and O–H groups in total. The third kappa shape index (κ3) is 3.87. The van der Waals surface area contributed by atoms with E-state index in [9.17, 15) is 4.79 Å². The van der Waals surface area contributed by atoms with Crippen LogP contribution in [0.15, 0.2) is 23.4 Å². The van der Waals surface area contributed by atoms with Crippen molar-refractivity contribution >= 4 is 11.6 Å². The number of hydrogen-bond acceptors (Lipinski definition) is 5. The van der Waals surface area contributed by atoms with Gasteiger partial charge in [0, 0.05) is 19.7 Å². The van der Waals surface area contributed by atoms with E-state index < -0.39 is 0 Å². The van der Waals surface area contributed by atoms with Crippen molar-refractivity contribution in [3.05, 3.63) is 23.8 Å². The van der Waals surface area contributed by atoms with Gasteiger partial charge in [-0.2, -0.15) is 0 Å². The molecule has 0 atom stereocenters. The number of oxime groups is 1. The Labute approximate surface area is 112 Å². The van der Waals surface area contributed by atoms with E-state index in [4.69, 9.17) is 14.7 Å². The predicted molar refractivity (Wildman–Crippen MR) is 71.2 cm³/mol. The zero-order valence-corrected chi connectivity index (χ0v) is 11.5. The number of nitrogens with zero attached hydrogens (tertiary/aromatic N) is 2. The van der Waals surface area contributed by atoms with Crippen LogP contribution in [0.4, 0.5) is 0 Å². The zero-order chi connectivity index (χ0) is 14.4. The topological polar surface area (TPSA) is 71.4 Å². The van der Waals surface area contributed by atoms with Crippen LogP contribution in [0.25, 0.3) is 0 Å². The van der Waals surface area contributed by atoms with E-state index in [0.717, 1.165) is 0 Å². The van der Waals surface area contributed by atoms with E-state index in [-0.39, 0.29) is 12.5 Å². The fraction of sp³-hybridized carbons (Fsp3) is 0.385. The van der Waals surface area contributed by atoms with Crippen molar-refractivity contribution in [2.75, 3.05) is 27.8 Å². The van der Waals surface area contributed by atoms with Crippen LogP contribution in [0, 0.1) is 0 Å². The molecule has 1 aromatic carbocycles. The summed E-state index contributed by atoms with van der Waals surface area (Å²) in [6.45, 7) is 1.61. The van der Waals surface area contributed by atoms with Gasteiger partial charge in [-0.3, -0.25) is 4.79 Å². The van der Waals surface area contributed by atoms with Gasteiger partial charge >= 0.3 is 0 Å². The van der Waals surface area contributed by atoms with Crippen molar-refractivity contribution in [1.29, 1.82) is 0 Å². The smallest absolute Gasteiger partial charge is 0.259 e. The highest BCUT2D eigenvalue weighted by Gasteiger charge is 2.10. The van der Waals surface area contributed by atoms with Crippen molar-refractivity contribution in [3.63, 3.8) is 0 Å². The average Bonchev–Trinajstić information content (AvgIpc) is 2.43. The molecule has 0 heterocycles. The minimum absolute atomic E-state index is 0.0597.